The fourth-order valence-electron chi connectivity index (χ4n) is 4.03. The van der Waals surface area contributed by atoms with Gasteiger partial charge in [-0.25, -0.2) is 0 Å². The van der Waals surface area contributed by atoms with E-state index in [1.807, 2.05) is 0 Å². The summed E-state index contributed by atoms with van der Waals surface area (Å²) in [5.74, 6) is -1.65. The first-order chi connectivity index (χ1) is 21.4. The number of thioether (sulfide) groups is 1. The average molecular weight is 673 g/mol. The summed E-state index contributed by atoms with van der Waals surface area (Å²) in [4.78, 5) is 40.0. The average Bonchev–Trinajstić information content (AvgIpc) is 3.01. The zero-order valence-electron chi connectivity index (χ0n) is 23.6. The summed E-state index contributed by atoms with van der Waals surface area (Å²) >= 11 is 13.5. The van der Waals surface area contributed by atoms with Crippen molar-refractivity contribution in [3.63, 3.8) is 0 Å². The molecule has 0 saturated carbocycles. The first kappa shape index (κ1) is 33.6. The van der Waals surface area contributed by atoms with Gasteiger partial charge in [-0.05, 0) is 72.7 Å². The lowest BCUT2D eigenvalue weighted by Crippen LogP contribution is -2.30. The molecule has 232 valence electrons. The molecule has 0 saturated heterocycles. The molecule has 4 aromatic carbocycles. The van der Waals surface area contributed by atoms with Gasteiger partial charge in [-0.3, -0.25) is 14.4 Å². The zero-order chi connectivity index (χ0) is 32.6. The fraction of sp³-hybridized carbons (Fsp3) is 0.121. The monoisotopic (exact) mass is 671 g/mol. The second-order valence-electron chi connectivity index (χ2n) is 9.58. The van der Waals surface area contributed by atoms with Gasteiger partial charge in [0, 0.05) is 21.2 Å². The first-order valence-electron chi connectivity index (χ1n) is 13.5. The van der Waals surface area contributed by atoms with Gasteiger partial charge in [0.25, 0.3) is 11.8 Å². The Bertz CT molecular complexity index is 1730. The van der Waals surface area contributed by atoms with Crippen LogP contribution < -0.4 is 16.0 Å². The number of alkyl halides is 3. The SMILES string of the molecule is CCC(Sc1cccc(NC(=O)/C(=C\c2ccccc2Cl)NC(=O)c2ccccc2)c1)C(=O)Nc1cc(C(F)(F)F)ccc1Cl. The number of benzene rings is 4. The number of carbonyl (C=O) groups excluding carboxylic acids is 3. The van der Waals surface area contributed by atoms with E-state index in [2.05, 4.69) is 16.0 Å². The molecule has 4 rings (SSSR count). The van der Waals surface area contributed by atoms with Crippen molar-refractivity contribution in [2.24, 2.45) is 0 Å². The Morgan fingerprint density at radius 1 is 0.844 bits per heavy atom. The van der Waals surface area contributed by atoms with Crippen molar-refractivity contribution < 1.29 is 27.6 Å². The van der Waals surface area contributed by atoms with Crippen LogP contribution in [0.1, 0.15) is 34.8 Å². The third-order valence-electron chi connectivity index (χ3n) is 6.32. The quantitative estimate of drug-likeness (QED) is 0.116. The lowest BCUT2D eigenvalue weighted by atomic mass is 10.1. The van der Waals surface area contributed by atoms with E-state index >= 15 is 0 Å². The number of rotatable bonds is 10. The molecule has 6 nitrogen and oxygen atoms in total. The second kappa shape index (κ2) is 15.2. The number of anilines is 2. The van der Waals surface area contributed by atoms with Gasteiger partial charge in [-0.15, -0.1) is 11.8 Å². The van der Waals surface area contributed by atoms with Crippen LogP contribution in [-0.4, -0.2) is 23.0 Å². The van der Waals surface area contributed by atoms with Crippen molar-refractivity contribution in [2.45, 2.75) is 29.7 Å². The minimum atomic E-state index is -4.60. The van der Waals surface area contributed by atoms with Crippen LogP contribution in [0.15, 0.2) is 108 Å². The second-order valence-corrected chi connectivity index (χ2v) is 11.7. The van der Waals surface area contributed by atoms with Crippen molar-refractivity contribution in [3.05, 3.63) is 129 Å². The van der Waals surface area contributed by atoms with Gasteiger partial charge in [0.15, 0.2) is 0 Å². The maximum Gasteiger partial charge on any atom is 0.416 e. The third kappa shape index (κ3) is 9.37. The smallest absolute Gasteiger partial charge is 0.324 e. The molecule has 0 fully saturated rings. The largest absolute Gasteiger partial charge is 0.416 e. The molecular formula is C33H26Cl2F3N3O3S. The molecule has 1 atom stereocenters. The van der Waals surface area contributed by atoms with E-state index in [9.17, 15) is 27.6 Å². The number of carbonyl (C=O) groups is 3. The van der Waals surface area contributed by atoms with Crippen LogP contribution in [0, 0.1) is 0 Å². The van der Waals surface area contributed by atoms with Gasteiger partial charge < -0.3 is 16.0 Å². The third-order valence-corrected chi connectivity index (χ3v) is 8.35. The summed E-state index contributed by atoms with van der Waals surface area (Å²) in [7, 11) is 0. The van der Waals surface area contributed by atoms with Gasteiger partial charge in [-0.1, -0.05) is 72.6 Å². The van der Waals surface area contributed by atoms with Crippen LogP contribution in [0.4, 0.5) is 24.5 Å². The highest BCUT2D eigenvalue weighted by Crippen LogP contribution is 2.35. The minimum Gasteiger partial charge on any atom is -0.324 e. The number of halogens is 5. The Morgan fingerprint density at radius 2 is 1.56 bits per heavy atom. The van der Waals surface area contributed by atoms with E-state index in [4.69, 9.17) is 23.2 Å². The summed E-state index contributed by atoms with van der Waals surface area (Å²) < 4.78 is 39.5. The highest BCUT2D eigenvalue weighted by molar-refractivity contribution is 8.00. The summed E-state index contributed by atoms with van der Waals surface area (Å²) in [5.41, 5.74) is 0.101. The van der Waals surface area contributed by atoms with E-state index in [1.54, 1.807) is 85.8 Å². The Morgan fingerprint density at radius 3 is 2.24 bits per heavy atom. The summed E-state index contributed by atoms with van der Waals surface area (Å²) in [6.07, 6.45) is -2.78. The molecule has 0 aliphatic heterocycles. The van der Waals surface area contributed by atoms with Crippen LogP contribution in [0.2, 0.25) is 10.0 Å². The van der Waals surface area contributed by atoms with Crippen LogP contribution in [0.25, 0.3) is 6.08 Å². The standard InChI is InChI=1S/C33H26Cl2F3N3O3S/c1-2-29(32(44)40-27-18-22(33(36,37)38)15-16-26(27)35)45-24-13-8-12-23(19-24)39-31(43)28(17-21-11-6-7-14-25(21)34)41-30(42)20-9-4-3-5-10-20/h3-19,29H,2H2,1H3,(H,39,43)(H,40,44)(H,41,42)/b28-17+. The Balaban J connectivity index is 1.51. The molecule has 1 unspecified atom stereocenters. The van der Waals surface area contributed by atoms with E-state index < -0.39 is 34.7 Å². The Labute approximate surface area is 272 Å². The van der Waals surface area contributed by atoms with Crippen molar-refractivity contribution in [3.8, 4) is 0 Å². The molecule has 45 heavy (non-hydrogen) atoms. The molecule has 12 heteroatoms. The normalized spacial score (nSPS) is 12.3. The molecule has 4 aromatic rings. The zero-order valence-corrected chi connectivity index (χ0v) is 26.0. The molecule has 0 aliphatic rings. The molecule has 3 amide bonds. The van der Waals surface area contributed by atoms with Crippen LogP contribution in [0.3, 0.4) is 0 Å². The summed E-state index contributed by atoms with van der Waals surface area (Å²) in [5, 5.41) is 7.57. The number of amides is 3. The lowest BCUT2D eigenvalue weighted by molar-refractivity contribution is -0.137. The van der Waals surface area contributed by atoms with E-state index in [-0.39, 0.29) is 16.4 Å². The predicted octanol–water partition coefficient (Wildman–Crippen LogP) is 8.93. The minimum absolute atomic E-state index is 0.0269. The molecule has 0 bridgehead atoms. The number of hydrogen-bond acceptors (Lipinski definition) is 4. The molecule has 0 aliphatic carbocycles. The maximum absolute atomic E-state index is 13.4. The topological polar surface area (TPSA) is 87.3 Å². The van der Waals surface area contributed by atoms with E-state index in [1.165, 1.54) is 6.08 Å². The van der Waals surface area contributed by atoms with Crippen molar-refractivity contribution in [1.29, 1.82) is 0 Å². The van der Waals surface area contributed by atoms with Gasteiger partial charge >= 0.3 is 6.18 Å². The molecule has 0 spiro atoms. The molecular weight excluding hydrogens is 646 g/mol. The molecule has 0 radical (unpaired) electrons. The van der Waals surface area contributed by atoms with Crippen molar-refractivity contribution in [1.82, 2.24) is 5.32 Å². The summed E-state index contributed by atoms with van der Waals surface area (Å²) in [6.45, 7) is 1.76. The predicted molar refractivity (Wildman–Crippen MR) is 173 cm³/mol. The molecule has 3 N–H and O–H groups in total. The van der Waals surface area contributed by atoms with E-state index in [0.29, 0.717) is 33.2 Å². The number of nitrogens with one attached hydrogen (secondary N) is 3. The molecule has 0 heterocycles. The van der Waals surface area contributed by atoms with Crippen molar-refractivity contribution in [2.75, 3.05) is 10.6 Å². The molecule has 0 aromatic heterocycles. The first-order valence-corrected chi connectivity index (χ1v) is 15.2. The van der Waals surface area contributed by atoms with Gasteiger partial charge in [0.2, 0.25) is 5.91 Å². The highest BCUT2D eigenvalue weighted by Gasteiger charge is 2.31. The van der Waals surface area contributed by atoms with Crippen LogP contribution in [-0.2, 0) is 15.8 Å². The maximum atomic E-state index is 13.4. The van der Waals surface area contributed by atoms with Crippen LogP contribution >= 0.6 is 35.0 Å². The van der Waals surface area contributed by atoms with Crippen LogP contribution in [0.5, 0.6) is 0 Å². The highest BCUT2D eigenvalue weighted by atomic mass is 35.5. The lowest BCUT2D eigenvalue weighted by Gasteiger charge is -2.17. The van der Waals surface area contributed by atoms with Gasteiger partial charge in [0.05, 0.1) is 21.5 Å². The summed E-state index contributed by atoms with van der Waals surface area (Å²) in [6, 6.07) is 24.6. The van der Waals surface area contributed by atoms with Gasteiger partial charge in [-0.2, -0.15) is 13.2 Å². The number of hydrogen-bond donors (Lipinski definition) is 3. The Hall–Kier alpha value is -4.25. The van der Waals surface area contributed by atoms with Crippen molar-refractivity contribution >= 4 is 70.1 Å². The Kier molecular flexibility index (Phi) is 11.3. The van der Waals surface area contributed by atoms with Gasteiger partial charge in [0.1, 0.15) is 5.70 Å². The van der Waals surface area contributed by atoms with E-state index in [0.717, 1.165) is 30.0 Å². The fourth-order valence-corrected chi connectivity index (χ4v) is 5.40.